The molecule has 2 aromatic rings. The van der Waals surface area contributed by atoms with E-state index in [1.54, 1.807) is 0 Å². The van der Waals surface area contributed by atoms with Crippen molar-refractivity contribution in [3.63, 3.8) is 0 Å². The van der Waals surface area contributed by atoms with Gasteiger partial charge < -0.3 is 0 Å². The van der Waals surface area contributed by atoms with E-state index in [2.05, 4.69) is 79.1 Å². The monoisotopic (exact) mass is 317 g/mol. The Morgan fingerprint density at radius 3 is 2.52 bits per heavy atom. The van der Waals surface area contributed by atoms with E-state index in [0.717, 1.165) is 30.4 Å². The molecule has 23 heavy (non-hydrogen) atoms. The third kappa shape index (κ3) is 4.30. The maximum atomic E-state index is 4.39. The lowest BCUT2D eigenvalue weighted by Crippen LogP contribution is -2.53. The molecule has 0 radical (unpaired) electrons. The Bertz CT molecular complexity index is 613. The second-order valence-corrected chi connectivity index (χ2v) is 7.27. The van der Waals surface area contributed by atoms with Crippen LogP contribution in [0.2, 0.25) is 0 Å². The highest BCUT2D eigenvalue weighted by Crippen LogP contribution is 2.22. The van der Waals surface area contributed by atoms with Gasteiger partial charge in [0.2, 0.25) is 0 Å². The van der Waals surface area contributed by atoms with Crippen molar-refractivity contribution in [3.05, 3.63) is 24.3 Å². The van der Waals surface area contributed by atoms with E-state index < -0.39 is 0 Å². The molecule has 2 unspecified atom stereocenters. The highest BCUT2D eigenvalue weighted by molar-refractivity contribution is 5.73. The van der Waals surface area contributed by atoms with Crippen molar-refractivity contribution in [2.24, 2.45) is 0 Å². The molecular formula is C18H31N5. The van der Waals surface area contributed by atoms with Gasteiger partial charge in [-0.2, -0.15) is 0 Å². The number of nitrogens with one attached hydrogen (secondary N) is 1. The third-order valence-corrected chi connectivity index (χ3v) is 4.32. The van der Waals surface area contributed by atoms with Gasteiger partial charge in [0.25, 0.3) is 0 Å². The Morgan fingerprint density at radius 2 is 1.91 bits per heavy atom. The maximum Gasteiger partial charge on any atom is 0.113 e. The van der Waals surface area contributed by atoms with Crippen LogP contribution in [0.4, 0.5) is 0 Å². The molecule has 0 aliphatic carbocycles. The Labute approximate surface area is 140 Å². The summed E-state index contributed by atoms with van der Waals surface area (Å²) in [7, 11) is 0. The number of benzene rings is 1. The van der Waals surface area contributed by atoms with Crippen molar-refractivity contribution < 1.29 is 0 Å². The number of rotatable bonds is 7. The average molecular weight is 317 g/mol. The van der Waals surface area contributed by atoms with Gasteiger partial charge in [-0.3, -0.25) is 5.43 Å². The van der Waals surface area contributed by atoms with Crippen LogP contribution in [0.5, 0.6) is 0 Å². The molecule has 0 aliphatic heterocycles. The summed E-state index contributed by atoms with van der Waals surface area (Å²) in [5, 5.41) is 11.0. The van der Waals surface area contributed by atoms with Crippen molar-refractivity contribution in [1.29, 1.82) is 0 Å². The number of para-hydroxylation sites is 1. The standard InChI is InChI=1S/C18H31N5/c1-7-15(13-14(3)20-22(8-2)18(4,5)6)23-17-12-10-9-11-16(17)19-21-23/h9-12,14-15,20H,7-8,13H2,1-6H3. The van der Waals surface area contributed by atoms with Gasteiger partial charge in [0.1, 0.15) is 5.52 Å². The van der Waals surface area contributed by atoms with E-state index >= 15 is 0 Å². The normalized spacial score (nSPS) is 15.3. The zero-order valence-corrected chi connectivity index (χ0v) is 15.4. The van der Waals surface area contributed by atoms with Crippen LogP contribution in [0.3, 0.4) is 0 Å². The Hall–Kier alpha value is -1.46. The zero-order valence-electron chi connectivity index (χ0n) is 15.4. The van der Waals surface area contributed by atoms with Gasteiger partial charge in [-0.15, -0.1) is 5.10 Å². The van der Waals surface area contributed by atoms with E-state index in [-0.39, 0.29) is 5.54 Å². The summed E-state index contributed by atoms with van der Waals surface area (Å²) >= 11 is 0. The first-order chi connectivity index (χ1) is 10.9. The molecule has 1 N–H and O–H groups in total. The molecule has 1 heterocycles. The SMILES string of the molecule is CCC(CC(C)NN(CC)C(C)(C)C)n1nnc2ccccc21. The molecule has 1 aromatic heterocycles. The van der Waals surface area contributed by atoms with E-state index in [0.29, 0.717) is 12.1 Å². The van der Waals surface area contributed by atoms with E-state index in [4.69, 9.17) is 0 Å². The van der Waals surface area contributed by atoms with Crippen LogP contribution in [0.25, 0.3) is 11.0 Å². The highest BCUT2D eigenvalue weighted by Gasteiger charge is 2.23. The molecule has 0 fully saturated rings. The minimum Gasteiger partial charge on any atom is -0.252 e. The predicted octanol–water partition coefficient (Wildman–Crippen LogP) is 3.79. The van der Waals surface area contributed by atoms with Crippen LogP contribution in [0.15, 0.2) is 24.3 Å². The van der Waals surface area contributed by atoms with Crippen molar-refractivity contribution in [3.8, 4) is 0 Å². The van der Waals surface area contributed by atoms with Crippen molar-refractivity contribution in [2.75, 3.05) is 6.54 Å². The molecule has 0 aliphatic rings. The van der Waals surface area contributed by atoms with Gasteiger partial charge in [-0.05, 0) is 52.7 Å². The predicted molar refractivity (Wildman–Crippen MR) is 96.2 cm³/mol. The lowest BCUT2D eigenvalue weighted by atomic mass is 10.1. The molecule has 1 aromatic carbocycles. The van der Waals surface area contributed by atoms with Crippen LogP contribution >= 0.6 is 0 Å². The smallest absolute Gasteiger partial charge is 0.113 e. The molecule has 128 valence electrons. The maximum absolute atomic E-state index is 4.39. The molecule has 0 saturated carbocycles. The summed E-state index contributed by atoms with van der Waals surface area (Å²) in [5.41, 5.74) is 5.86. The lowest BCUT2D eigenvalue weighted by molar-refractivity contribution is 0.0575. The Balaban J connectivity index is 2.10. The first-order valence-electron chi connectivity index (χ1n) is 8.70. The van der Waals surface area contributed by atoms with Crippen molar-refractivity contribution in [2.45, 2.75) is 72.0 Å². The van der Waals surface area contributed by atoms with Crippen LogP contribution in [0.1, 0.15) is 60.4 Å². The molecule has 0 amide bonds. The number of nitrogens with zero attached hydrogens (tertiary/aromatic N) is 4. The Morgan fingerprint density at radius 1 is 1.22 bits per heavy atom. The number of hydrazine groups is 1. The van der Waals surface area contributed by atoms with E-state index in [1.165, 1.54) is 0 Å². The topological polar surface area (TPSA) is 46.0 Å². The largest absolute Gasteiger partial charge is 0.252 e. The first-order valence-corrected chi connectivity index (χ1v) is 8.70. The summed E-state index contributed by atoms with van der Waals surface area (Å²) < 4.78 is 2.08. The molecule has 0 spiro atoms. The fourth-order valence-corrected chi connectivity index (χ4v) is 3.08. The second kappa shape index (κ2) is 7.41. The van der Waals surface area contributed by atoms with Gasteiger partial charge in [-0.25, -0.2) is 9.69 Å². The van der Waals surface area contributed by atoms with Gasteiger partial charge in [0.15, 0.2) is 0 Å². The molecule has 0 bridgehead atoms. The zero-order chi connectivity index (χ0) is 17.0. The fraction of sp³-hybridized carbons (Fsp3) is 0.667. The minimum atomic E-state index is 0.116. The number of hydrogen-bond donors (Lipinski definition) is 1. The molecule has 2 rings (SSSR count). The van der Waals surface area contributed by atoms with Gasteiger partial charge in [-0.1, -0.05) is 31.2 Å². The van der Waals surface area contributed by atoms with Crippen molar-refractivity contribution >= 4 is 11.0 Å². The van der Waals surface area contributed by atoms with Crippen molar-refractivity contribution in [1.82, 2.24) is 25.4 Å². The fourth-order valence-electron chi connectivity index (χ4n) is 3.08. The first kappa shape index (κ1) is 17.9. The summed E-state index contributed by atoms with van der Waals surface area (Å²) in [6.07, 6.45) is 2.07. The van der Waals surface area contributed by atoms with E-state index in [9.17, 15) is 0 Å². The highest BCUT2D eigenvalue weighted by atomic mass is 15.5. The number of aromatic nitrogens is 3. The molecule has 0 saturated heterocycles. The summed E-state index contributed by atoms with van der Waals surface area (Å²) in [6.45, 7) is 14.3. The molecule has 2 atom stereocenters. The molecular weight excluding hydrogens is 286 g/mol. The van der Waals surface area contributed by atoms with Crippen LogP contribution in [-0.2, 0) is 0 Å². The third-order valence-electron chi connectivity index (χ3n) is 4.32. The van der Waals surface area contributed by atoms with Gasteiger partial charge >= 0.3 is 0 Å². The van der Waals surface area contributed by atoms with Crippen LogP contribution < -0.4 is 5.43 Å². The second-order valence-electron chi connectivity index (χ2n) is 7.27. The molecule has 5 heteroatoms. The van der Waals surface area contributed by atoms with Gasteiger partial charge in [0, 0.05) is 18.1 Å². The summed E-state index contributed by atoms with van der Waals surface area (Å²) in [4.78, 5) is 0. The minimum absolute atomic E-state index is 0.116. The Kier molecular flexibility index (Phi) is 5.76. The van der Waals surface area contributed by atoms with Gasteiger partial charge in [0.05, 0.1) is 11.6 Å². The summed E-state index contributed by atoms with van der Waals surface area (Å²) in [5.74, 6) is 0. The van der Waals surface area contributed by atoms with E-state index in [1.807, 2.05) is 12.1 Å². The lowest BCUT2D eigenvalue weighted by Gasteiger charge is -2.38. The quantitative estimate of drug-likeness (QED) is 0.789. The average Bonchev–Trinajstić information content (AvgIpc) is 2.93. The molecule has 5 nitrogen and oxygen atoms in total. The van der Waals surface area contributed by atoms with Crippen LogP contribution in [0, 0.1) is 0 Å². The summed E-state index contributed by atoms with van der Waals surface area (Å²) in [6, 6.07) is 8.91. The number of fused-ring (bicyclic) bond motifs is 1. The number of hydrogen-bond acceptors (Lipinski definition) is 4. The van der Waals surface area contributed by atoms with Crippen LogP contribution in [-0.4, -0.2) is 38.1 Å².